The third kappa shape index (κ3) is 4.76. The predicted octanol–water partition coefficient (Wildman–Crippen LogP) is 5.82. The van der Waals surface area contributed by atoms with Gasteiger partial charge in [-0.1, -0.05) is 54.6 Å². The van der Waals surface area contributed by atoms with Crippen molar-refractivity contribution < 1.29 is 4.42 Å². The Kier molecular flexibility index (Phi) is 6.35. The van der Waals surface area contributed by atoms with Crippen molar-refractivity contribution in [2.75, 3.05) is 18.4 Å². The third-order valence-corrected chi connectivity index (χ3v) is 6.21. The zero-order valence-electron chi connectivity index (χ0n) is 18.2. The first-order valence-corrected chi connectivity index (χ1v) is 11.6. The fourth-order valence-corrected chi connectivity index (χ4v) is 4.59. The average Bonchev–Trinajstić information content (AvgIpc) is 3.48. The number of benzene rings is 2. The summed E-state index contributed by atoms with van der Waals surface area (Å²) in [5.41, 5.74) is 3.14. The molecule has 4 aromatic rings. The fourth-order valence-electron chi connectivity index (χ4n) is 4.26. The SMILES string of the molecule is S=C1N[C@H](c2ccccn2)[C@H](c2ccc(-c3ccccc3)o2)N1CCCNc1ccccc1. The maximum absolute atomic E-state index is 6.37. The predicted molar refractivity (Wildman–Crippen MR) is 136 cm³/mol. The molecular weight excluding hydrogens is 428 g/mol. The summed E-state index contributed by atoms with van der Waals surface area (Å²) in [4.78, 5) is 6.83. The number of hydrogen-bond donors (Lipinski definition) is 2. The molecule has 1 fully saturated rings. The van der Waals surface area contributed by atoms with Gasteiger partial charge in [-0.2, -0.15) is 0 Å². The van der Waals surface area contributed by atoms with Gasteiger partial charge in [0.05, 0.1) is 11.7 Å². The smallest absolute Gasteiger partial charge is 0.170 e. The molecule has 2 atom stereocenters. The van der Waals surface area contributed by atoms with E-state index in [-0.39, 0.29) is 12.1 Å². The molecule has 0 unspecified atom stereocenters. The van der Waals surface area contributed by atoms with Crippen LogP contribution in [-0.4, -0.2) is 28.1 Å². The standard InChI is InChI=1S/C27H26N4OS/c33-27-30-25(22-14-7-8-17-29-22)26(24-16-15-23(32-24)20-10-3-1-4-11-20)31(27)19-9-18-28-21-12-5-2-6-13-21/h1-8,10-17,25-26,28H,9,18-19H2,(H,30,33)/t25-,26+/m1/s1. The number of pyridine rings is 1. The normalized spacial score (nSPS) is 17.7. The molecule has 5 nitrogen and oxygen atoms in total. The van der Waals surface area contributed by atoms with E-state index in [1.165, 1.54) is 0 Å². The van der Waals surface area contributed by atoms with Crippen molar-refractivity contribution in [3.8, 4) is 11.3 Å². The third-order valence-electron chi connectivity index (χ3n) is 5.85. The number of thiocarbonyl (C=S) groups is 1. The Balaban J connectivity index is 1.37. The molecule has 0 saturated carbocycles. The van der Waals surface area contributed by atoms with Crippen molar-refractivity contribution in [3.63, 3.8) is 0 Å². The summed E-state index contributed by atoms with van der Waals surface area (Å²) < 4.78 is 6.37. The lowest BCUT2D eigenvalue weighted by atomic mass is 10.0. The van der Waals surface area contributed by atoms with Crippen LogP contribution in [0.4, 0.5) is 5.69 Å². The van der Waals surface area contributed by atoms with Crippen LogP contribution in [-0.2, 0) is 0 Å². The van der Waals surface area contributed by atoms with Crippen LogP contribution in [0.2, 0.25) is 0 Å². The second-order valence-electron chi connectivity index (χ2n) is 8.03. The molecule has 0 spiro atoms. The van der Waals surface area contributed by atoms with E-state index in [2.05, 4.69) is 50.8 Å². The van der Waals surface area contributed by atoms with Crippen LogP contribution in [0.25, 0.3) is 11.3 Å². The second-order valence-corrected chi connectivity index (χ2v) is 8.42. The number of rotatable bonds is 8. The summed E-state index contributed by atoms with van der Waals surface area (Å²) in [5.74, 6) is 1.74. The lowest BCUT2D eigenvalue weighted by Crippen LogP contribution is -2.31. The molecule has 2 N–H and O–H groups in total. The van der Waals surface area contributed by atoms with E-state index in [0.29, 0.717) is 0 Å². The van der Waals surface area contributed by atoms with Crippen LogP contribution < -0.4 is 10.6 Å². The minimum absolute atomic E-state index is 0.0680. The van der Waals surface area contributed by atoms with E-state index in [4.69, 9.17) is 16.6 Å². The molecule has 2 aromatic carbocycles. The molecule has 33 heavy (non-hydrogen) atoms. The van der Waals surface area contributed by atoms with Crippen LogP contribution in [0.15, 0.2) is 102 Å². The Morgan fingerprint density at radius 3 is 2.42 bits per heavy atom. The Bertz CT molecular complexity index is 1180. The van der Waals surface area contributed by atoms with Gasteiger partial charge in [0.15, 0.2) is 5.11 Å². The van der Waals surface area contributed by atoms with Gasteiger partial charge in [-0.3, -0.25) is 4.98 Å². The number of nitrogens with one attached hydrogen (secondary N) is 2. The van der Waals surface area contributed by atoms with E-state index in [1.54, 1.807) is 0 Å². The lowest BCUT2D eigenvalue weighted by Gasteiger charge is -2.26. The summed E-state index contributed by atoms with van der Waals surface area (Å²) in [7, 11) is 0. The molecule has 0 bridgehead atoms. The van der Waals surface area contributed by atoms with Crippen LogP contribution in [0.3, 0.4) is 0 Å². The van der Waals surface area contributed by atoms with Gasteiger partial charge in [0.25, 0.3) is 0 Å². The molecule has 1 aliphatic rings. The quantitative estimate of drug-likeness (QED) is 0.259. The molecular formula is C27H26N4OS. The second kappa shape index (κ2) is 9.88. The molecule has 6 heteroatoms. The number of aromatic nitrogens is 1. The minimum Gasteiger partial charge on any atom is -0.459 e. The average molecular weight is 455 g/mol. The molecule has 2 aromatic heterocycles. The number of anilines is 1. The van der Waals surface area contributed by atoms with Crippen molar-refractivity contribution in [1.82, 2.24) is 15.2 Å². The van der Waals surface area contributed by atoms with E-state index in [9.17, 15) is 0 Å². The highest BCUT2D eigenvalue weighted by atomic mass is 32.1. The summed E-state index contributed by atoms with van der Waals surface area (Å²) in [6.45, 7) is 1.67. The van der Waals surface area contributed by atoms with E-state index in [0.717, 1.165) is 53.1 Å². The monoisotopic (exact) mass is 454 g/mol. The Morgan fingerprint density at radius 2 is 1.67 bits per heavy atom. The largest absolute Gasteiger partial charge is 0.459 e. The first-order valence-electron chi connectivity index (χ1n) is 11.2. The highest BCUT2D eigenvalue weighted by Gasteiger charge is 2.41. The van der Waals surface area contributed by atoms with Gasteiger partial charge in [0.2, 0.25) is 0 Å². The molecule has 0 amide bonds. The maximum atomic E-state index is 6.37. The Hall–Kier alpha value is -3.64. The first kappa shape index (κ1) is 21.2. The number of furan rings is 1. The van der Waals surface area contributed by atoms with Crippen LogP contribution in [0.1, 0.15) is 30.0 Å². The van der Waals surface area contributed by atoms with Crippen LogP contribution in [0.5, 0.6) is 0 Å². The molecule has 0 radical (unpaired) electrons. The van der Waals surface area contributed by atoms with Crippen molar-refractivity contribution in [1.29, 1.82) is 0 Å². The van der Waals surface area contributed by atoms with Gasteiger partial charge in [-0.05, 0) is 55.0 Å². The maximum Gasteiger partial charge on any atom is 0.170 e. The van der Waals surface area contributed by atoms with Crippen molar-refractivity contribution >= 4 is 23.0 Å². The minimum atomic E-state index is -0.0736. The molecule has 166 valence electrons. The fraction of sp³-hybridized carbons (Fsp3) is 0.185. The highest BCUT2D eigenvalue weighted by Crippen LogP contribution is 2.40. The number of nitrogens with zero attached hydrogens (tertiary/aromatic N) is 2. The van der Waals surface area contributed by atoms with Gasteiger partial charge in [-0.25, -0.2) is 0 Å². The van der Waals surface area contributed by atoms with Crippen LogP contribution >= 0.6 is 12.2 Å². The zero-order valence-corrected chi connectivity index (χ0v) is 19.0. The summed E-state index contributed by atoms with van der Waals surface area (Å²) in [6, 6.07) is 30.4. The molecule has 1 aliphatic heterocycles. The summed E-state index contributed by atoms with van der Waals surface area (Å²) in [5, 5.41) is 7.70. The Morgan fingerprint density at radius 1 is 0.909 bits per heavy atom. The van der Waals surface area contributed by atoms with Crippen molar-refractivity contribution in [3.05, 3.63) is 109 Å². The first-order chi connectivity index (χ1) is 16.3. The van der Waals surface area contributed by atoms with E-state index >= 15 is 0 Å². The zero-order chi connectivity index (χ0) is 22.5. The molecule has 0 aliphatic carbocycles. The van der Waals surface area contributed by atoms with Gasteiger partial charge >= 0.3 is 0 Å². The van der Waals surface area contributed by atoms with E-state index < -0.39 is 0 Å². The summed E-state index contributed by atoms with van der Waals surface area (Å²) in [6.07, 6.45) is 2.76. The van der Waals surface area contributed by atoms with Gasteiger partial charge in [0, 0.05) is 30.5 Å². The van der Waals surface area contributed by atoms with Gasteiger partial charge in [-0.15, -0.1) is 0 Å². The van der Waals surface area contributed by atoms with Gasteiger partial charge in [0.1, 0.15) is 17.6 Å². The van der Waals surface area contributed by atoms with Crippen LogP contribution in [0, 0.1) is 0 Å². The number of hydrogen-bond acceptors (Lipinski definition) is 4. The molecule has 1 saturated heterocycles. The summed E-state index contributed by atoms with van der Waals surface area (Å²) >= 11 is 5.76. The topological polar surface area (TPSA) is 53.3 Å². The van der Waals surface area contributed by atoms with Crippen molar-refractivity contribution in [2.45, 2.75) is 18.5 Å². The highest BCUT2D eigenvalue weighted by molar-refractivity contribution is 7.80. The lowest BCUT2D eigenvalue weighted by molar-refractivity contribution is 0.274. The Labute approximate surface area is 199 Å². The molecule has 5 rings (SSSR count). The van der Waals surface area contributed by atoms with Crippen molar-refractivity contribution in [2.24, 2.45) is 0 Å². The van der Waals surface area contributed by atoms with E-state index in [1.807, 2.05) is 66.9 Å². The number of para-hydroxylation sites is 1. The van der Waals surface area contributed by atoms with Gasteiger partial charge < -0.3 is 20.0 Å². The molecule has 3 heterocycles.